The summed E-state index contributed by atoms with van der Waals surface area (Å²) in [5.74, 6) is 0. The zero-order valence-electron chi connectivity index (χ0n) is 9.54. The van der Waals surface area contributed by atoms with Crippen LogP contribution in [0.4, 0.5) is 5.69 Å². The van der Waals surface area contributed by atoms with E-state index in [0.29, 0.717) is 12.6 Å². The van der Waals surface area contributed by atoms with E-state index in [9.17, 15) is 8.42 Å². The van der Waals surface area contributed by atoms with Gasteiger partial charge in [0.2, 0.25) is 10.0 Å². The molecule has 1 aromatic rings. The molecule has 1 fully saturated rings. The molecule has 0 bridgehead atoms. The summed E-state index contributed by atoms with van der Waals surface area (Å²) in [7, 11) is -3.61. The molecular weight excluding hydrogens is 238 g/mol. The Kier molecular flexibility index (Phi) is 3.37. The van der Waals surface area contributed by atoms with Gasteiger partial charge in [0.05, 0.1) is 4.90 Å². The fraction of sp³-hybridized carbons (Fsp3) is 0.455. The van der Waals surface area contributed by atoms with Crippen molar-refractivity contribution in [2.45, 2.75) is 23.8 Å². The van der Waals surface area contributed by atoms with Crippen molar-refractivity contribution in [2.24, 2.45) is 10.9 Å². The monoisotopic (exact) mass is 255 g/mol. The molecule has 17 heavy (non-hydrogen) atoms. The number of sulfonamides is 1. The van der Waals surface area contributed by atoms with Crippen LogP contribution in [0.15, 0.2) is 29.2 Å². The third kappa shape index (κ3) is 2.96. The third-order valence-corrected chi connectivity index (χ3v) is 3.78. The first-order valence-corrected chi connectivity index (χ1v) is 7.16. The first kappa shape index (κ1) is 12.3. The first-order valence-electron chi connectivity index (χ1n) is 5.62. The van der Waals surface area contributed by atoms with Crippen LogP contribution in [0.3, 0.4) is 0 Å². The van der Waals surface area contributed by atoms with Crippen molar-refractivity contribution in [1.29, 1.82) is 0 Å². The summed E-state index contributed by atoms with van der Waals surface area (Å²) >= 11 is 0. The Labute approximate surface area is 101 Å². The Bertz CT molecular complexity index is 480. The molecule has 0 aliphatic heterocycles. The smallest absolute Gasteiger partial charge is 0.238 e. The number of hydrogen-bond acceptors (Lipinski definition) is 4. The van der Waals surface area contributed by atoms with Gasteiger partial charge in [-0.1, -0.05) is 0 Å². The van der Waals surface area contributed by atoms with Crippen LogP contribution in [0.5, 0.6) is 0 Å². The Morgan fingerprint density at radius 2 is 1.82 bits per heavy atom. The average molecular weight is 255 g/mol. The van der Waals surface area contributed by atoms with Crippen molar-refractivity contribution in [3.8, 4) is 0 Å². The second-order valence-corrected chi connectivity index (χ2v) is 5.81. The summed E-state index contributed by atoms with van der Waals surface area (Å²) in [5.41, 5.74) is 6.58. The molecule has 0 aromatic heterocycles. The molecule has 0 unspecified atom stereocenters. The summed E-state index contributed by atoms with van der Waals surface area (Å²) in [6, 6.07) is 7.20. The van der Waals surface area contributed by atoms with E-state index < -0.39 is 10.0 Å². The van der Waals surface area contributed by atoms with E-state index >= 15 is 0 Å². The van der Waals surface area contributed by atoms with Gasteiger partial charge in [0.15, 0.2) is 0 Å². The molecule has 2 rings (SSSR count). The van der Waals surface area contributed by atoms with Gasteiger partial charge >= 0.3 is 0 Å². The molecule has 94 valence electrons. The van der Waals surface area contributed by atoms with Gasteiger partial charge in [-0.25, -0.2) is 13.6 Å². The standard InChI is InChI=1S/C11H17N3O2S/c12-7-8-14(9-1-2-9)10-3-5-11(6-4-10)17(13,15)16/h3-6,9H,1-2,7-8,12H2,(H2,13,15,16). The molecule has 0 radical (unpaired) electrons. The molecule has 0 saturated heterocycles. The predicted octanol–water partition coefficient (Wildman–Crippen LogP) is 0.262. The van der Waals surface area contributed by atoms with Crippen molar-refractivity contribution in [1.82, 2.24) is 0 Å². The lowest BCUT2D eigenvalue weighted by molar-refractivity contribution is 0.598. The van der Waals surface area contributed by atoms with E-state index in [0.717, 1.165) is 12.2 Å². The van der Waals surface area contributed by atoms with Gasteiger partial charge in [-0.15, -0.1) is 0 Å². The molecule has 6 heteroatoms. The van der Waals surface area contributed by atoms with Gasteiger partial charge in [0.1, 0.15) is 0 Å². The number of nitrogens with two attached hydrogens (primary N) is 2. The molecule has 1 aliphatic rings. The van der Waals surface area contributed by atoms with Crippen molar-refractivity contribution in [2.75, 3.05) is 18.0 Å². The highest BCUT2D eigenvalue weighted by Gasteiger charge is 2.28. The van der Waals surface area contributed by atoms with Gasteiger partial charge in [-0.3, -0.25) is 0 Å². The fourth-order valence-corrected chi connectivity index (χ4v) is 2.39. The largest absolute Gasteiger partial charge is 0.367 e. The Morgan fingerprint density at radius 3 is 2.24 bits per heavy atom. The number of anilines is 1. The van der Waals surface area contributed by atoms with E-state index in [1.165, 1.54) is 25.0 Å². The minimum Gasteiger partial charge on any atom is -0.367 e. The quantitative estimate of drug-likeness (QED) is 0.790. The van der Waals surface area contributed by atoms with Crippen LogP contribution in [0, 0.1) is 0 Å². The van der Waals surface area contributed by atoms with Crippen molar-refractivity contribution < 1.29 is 8.42 Å². The average Bonchev–Trinajstić information content (AvgIpc) is 3.09. The maximum absolute atomic E-state index is 11.1. The Hall–Kier alpha value is -1.11. The normalized spacial score (nSPS) is 15.9. The van der Waals surface area contributed by atoms with E-state index in [4.69, 9.17) is 10.9 Å². The van der Waals surface area contributed by atoms with E-state index in [1.54, 1.807) is 12.1 Å². The van der Waals surface area contributed by atoms with Crippen molar-refractivity contribution >= 4 is 15.7 Å². The lowest BCUT2D eigenvalue weighted by Crippen LogP contribution is -2.31. The number of benzene rings is 1. The lowest BCUT2D eigenvalue weighted by Gasteiger charge is -2.24. The van der Waals surface area contributed by atoms with E-state index in [1.807, 2.05) is 0 Å². The van der Waals surface area contributed by atoms with Crippen LogP contribution >= 0.6 is 0 Å². The summed E-state index contributed by atoms with van der Waals surface area (Å²) in [4.78, 5) is 2.36. The SMILES string of the molecule is NCCN(c1ccc(S(N)(=O)=O)cc1)C1CC1. The Balaban J connectivity index is 2.21. The highest BCUT2D eigenvalue weighted by Crippen LogP contribution is 2.31. The number of primary sulfonamides is 1. The van der Waals surface area contributed by atoms with Crippen molar-refractivity contribution in [3.63, 3.8) is 0 Å². The predicted molar refractivity (Wildman–Crippen MR) is 67.2 cm³/mol. The zero-order valence-corrected chi connectivity index (χ0v) is 10.4. The summed E-state index contributed by atoms with van der Waals surface area (Å²) in [5, 5.41) is 5.05. The van der Waals surface area contributed by atoms with Gasteiger partial charge in [0.25, 0.3) is 0 Å². The van der Waals surface area contributed by atoms with Crippen LogP contribution in [0.2, 0.25) is 0 Å². The van der Waals surface area contributed by atoms with E-state index in [2.05, 4.69) is 4.90 Å². The summed E-state index contributed by atoms with van der Waals surface area (Å²) < 4.78 is 22.3. The lowest BCUT2D eigenvalue weighted by atomic mass is 10.3. The molecule has 0 spiro atoms. The summed E-state index contributed by atoms with van der Waals surface area (Å²) in [6.45, 7) is 1.38. The van der Waals surface area contributed by atoms with Gasteiger partial charge in [-0.05, 0) is 37.1 Å². The van der Waals surface area contributed by atoms with Crippen LogP contribution in [0.25, 0.3) is 0 Å². The number of nitrogens with zero attached hydrogens (tertiary/aromatic N) is 1. The second-order valence-electron chi connectivity index (χ2n) is 4.25. The Morgan fingerprint density at radius 1 is 1.24 bits per heavy atom. The van der Waals surface area contributed by atoms with E-state index in [-0.39, 0.29) is 4.90 Å². The fourth-order valence-electron chi connectivity index (χ4n) is 1.88. The van der Waals surface area contributed by atoms with Crippen LogP contribution in [-0.4, -0.2) is 27.5 Å². The van der Waals surface area contributed by atoms with Crippen LogP contribution in [-0.2, 0) is 10.0 Å². The molecule has 0 atom stereocenters. The second kappa shape index (κ2) is 4.64. The maximum atomic E-state index is 11.1. The topological polar surface area (TPSA) is 89.4 Å². The molecular formula is C11H17N3O2S. The molecule has 1 aromatic carbocycles. The molecule has 0 amide bonds. The molecule has 1 aliphatic carbocycles. The number of rotatable bonds is 5. The van der Waals surface area contributed by atoms with Crippen molar-refractivity contribution in [3.05, 3.63) is 24.3 Å². The molecule has 1 saturated carbocycles. The number of hydrogen-bond donors (Lipinski definition) is 2. The highest BCUT2D eigenvalue weighted by molar-refractivity contribution is 7.89. The first-order chi connectivity index (χ1) is 8.02. The third-order valence-electron chi connectivity index (χ3n) is 2.85. The van der Waals surface area contributed by atoms with Gasteiger partial charge in [-0.2, -0.15) is 0 Å². The maximum Gasteiger partial charge on any atom is 0.238 e. The van der Waals surface area contributed by atoms with Crippen LogP contribution in [0.1, 0.15) is 12.8 Å². The van der Waals surface area contributed by atoms with Gasteiger partial charge in [0, 0.05) is 24.8 Å². The molecule has 4 N–H and O–H groups in total. The highest BCUT2D eigenvalue weighted by atomic mass is 32.2. The van der Waals surface area contributed by atoms with Crippen LogP contribution < -0.4 is 15.8 Å². The molecule has 5 nitrogen and oxygen atoms in total. The minimum absolute atomic E-state index is 0.143. The minimum atomic E-state index is -3.61. The van der Waals surface area contributed by atoms with Gasteiger partial charge < -0.3 is 10.6 Å². The zero-order chi connectivity index (χ0) is 12.5. The summed E-state index contributed by atoms with van der Waals surface area (Å²) in [6.07, 6.45) is 2.36. The molecule has 0 heterocycles.